The number of hydrogen-bond acceptors (Lipinski definition) is 2. The van der Waals surface area contributed by atoms with E-state index >= 15 is 0 Å². The van der Waals surface area contributed by atoms with Crippen LogP contribution in [0.5, 0.6) is 0 Å². The molecule has 2 nitrogen and oxygen atoms in total. The Balaban J connectivity index is 2.00. The van der Waals surface area contributed by atoms with Crippen molar-refractivity contribution in [2.75, 3.05) is 13.1 Å². The highest BCUT2D eigenvalue weighted by atomic mass is 16.5. The molecule has 0 spiro atoms. The smallest absolute Gasteiger partial charge is 0.0953 e. The first-order valence-corrected chi connectivity index (χ1v) is 7.14. The highest BCUT2D eigenvalue weighted by molar-refractivity contribution is 5.25. The van der Waals surface area contributed by atoms with Crippen molar-refractivity contribution in [2.45, 2.75) is 45.8 Å². The minimum Gasteiger partial charge on any atom is -0.368 e. The summed E-state index contributed by atoms with van der Waals surface area (Å²) in [5.74, 6) is 0.716. The molecule has 100 valence electrons. The molecule has 0 radical (unpaired) electrons. The quantitative estimate of drug-likeness (QED) is 0.881. The predicted molar refractivity (Wildman–Crippen MR) is 75.8 cm³/mol. The van der Waals surface area contributed by atoms with Crippen molar-refractivity contribution in [1.29, 1.82) is 0 Å². The number of hydrogen-bond donors (Lipinski definition) is 1. The van der Waals surface area contributed by atoms with E-state index in [2.05, 4.69) is 50.4 Å². The van der Waals surface area contributed by atoms with Crippen LogP contribution in [0.25, 0.3) is 0 Å². The van der Waals surface area contributed by atoms with Gasteiger partial charge in [0.15, 0.2) is 0 Å². The summed E-state index contributed by atoms with van der Waals surface area (Å²) in [4.78, 5) is 0. The first-order chi connectivity index (χ1) is 8.69. The fourth-order valence-electron chi connectivity index (χ4n) is 2.48. The maximum atomic E-state index is 6.08. The number of nitrogens with one attached hydrogen (secondary N) is 1. The topological polar surface area (TPSA) is 21.3 Å². The van der Waals surface area contributed by atoms with Crippen LogP contribution < -0.4 is 5.32 Å². The summed E-state index contributed by atoms with van der Waals surface area (Å²) in [5.41, 5.74) is 2.72. The van der Waals surface area contributed by atoms with E-state index in [-0.39, 0.29) is 6.10 Å². The third-order valence-corrected chi connectivity index (χ3v) is 3.51. The van der Waals surface area contributed by atoms with Crippen molar-refractivity contribution in [3.8, 4) is 0 Å². The van der Waals surface area contributed by atoms with Crippen molar-refractivity contribution in [3.63, 3.8) is 0 Å². The van der Waals surface area contributed by atoms with E-state index in [1.165, 1.54) is 11.1 Å². The summed E-state index contributed by atoms with van der Waals surface area (Å²) >= 11 is 0. The average molecular weight is 247 g/mol. The second-order valence-corrected chi connectivity index (χ2v) is 5.65. The third-order valence-electron chi connectivity index (χ3n) is 3.51. The van der Waals surface area contributed by atoms with Crippen molar-refractivity contribution in [3.05, 3.63) is 35.4 Å². The Hall–Kier alpha value is -0.860. The number of benzene rings is 1. The lowest BCUT2D eigenvalue weighted by atomic mass is 9.99. The number of ether oxygens (including phenoxy) is 1. The summed E-state index contributed by atoms with van der Waals surface area (Å²) in [7, 11) is 0. The van der Waals surface area contributed by atoms with Gasteiger partial charge in [-0.3, -0.25) is 0 Å². The number of rotatable bonds is 4. The Kier molecular flexibility index (Phi) is 4.79. The lowest BCUT2D eigenvalue weighted by Crippen LogP contribution is -2.40. The molecule has 2 heteroatoms. The molecular formula is C16H25NO. The monoisotopic (exact) mass is 247 g/mol. The first kappa shape index (κ1) is 13.6. The normalized spacial score (nSPS) is 24.4. The van der Waals surface area contributed by atoms with Crippen molar-refractivity contribution >= 4 is 0 Å². The van der Waals surface area contributed by atoms with Crippen LogP contribution in [0.2, 0.25) is 0 Å². The number of morpholine rings is 1. The molecule has 0 amide bonds. The molecule has 2 atom stereocenters. The second-order valence-electron chi connectivity index (χ2n) is 5.65. The molecule has 1 aliphatic heterocycles. The Morgan fingerprint density at radius 3 is 2.56 bits per heavy atom. The SMILES string of the molecule is CCC1CNCC(c2ccc(CC(C)C)cc2)O1. The van der Waals surface area contributed by atoms with E-state index in [0.717, 1.165) is 25.9 Å². The third kappa shape index (κ3) is 3.56. The molecule has 18 heavy (non-hydrogen) atoms. The van der Waals surface area contributed by atoms with Crippen LogP contribution >= 0.6 is 0 Å². The van der Waals surface area contributed by atoms with Crippen LogP contribution in [0.15, 0.2) is 24.3 Å². The lowest BCUT2D eigenvalue weighted by molar-refractivity contribution is -0.0399. The summed E-state index contributed by atoms with van der Waals surface area (Å²) in [5, 5.41) is 3.46. The molecule has 1 saturated heterocycles. The molecule has 1 N–H and O–H groups in total. The van der Waals surface area contributed by atoms with Gasteiger partial charge in [0, 0.05) is 13.1 Å². The van der Waals surface area contributed by atoms with E-state index in [1.807, 2.05) is 0 Å². The Morgan fingerprint density at radius 2 is 1.94 bits per heavy atom. The second kappa shape index (κ2) is 6.35. The zero-order chi connectivity index (χ0) is 13.0. The van der Waals surface area contributed by atoms with Crippen molar-refractivity contribution < 1.29 is 4.74 Å². The lowest BCUT2D eigenvalue weighted by Gasteiger charge is -2.30. The van der Waals surface area contributed by atoms with Gasteiger partial charge in [0.05, 0.1) is 12.2 Å². The van der Waals surface area contributed by atoms with Gasteiger partial charge in [-0.05, 0) is 29.9 Å². The molecule has 0 aromatic heterocycles. The largest absolute Gasteiger partial charge is 0.368 e. The van der Waals surface area contributed by atoms with Crippen LogP contribution in [0, 0.1) is 5.92 Å². The summed E-state index contributed by atoms with van der Waals surface area (Å²) in [6, 6.07) is 8.94. The molecular weight excluding hydrogens is 222 g/mol. The van der Waals surface area contributed by atoms with Gasteiger partial charge in [-0.2, -0.15) is 0 Å². The van der Waals surface area contributed by atoms with Crippen LogP contribution in [0.4, 0.5) is 0 Å². The Morgan fingerprint density at radius 1 is 1.22 bits per heavy atom. The summed E-state index contributed by atoms with van der Waals surface area (Å²) < 4.78 is 6.08. The zero-order valence-electron chi connectivity index (χ0n) is 11.8. The van der Waals surface area contributed by atoms with E-state index < -0.39 is 0 Å². The van der Waals surface area contributed by atoms with Crippen LogP contribution in [-0.4, -0.2) is 19.2 Å². The molecule has 1 aromatic rings. The Bertz CT molecular complexity index is 358. The minimum atomic E-state index is 0.219. The standard InChI is InChI=1S/C16H25NO/c1-4-15-10-17-11-16(18-15)14-7-5-13(6-8-14)9-12(2)3/h5-8,12,15-17H,4,9-11H2,1-3H3. The van der Waals surface area contributed by atoms with E-state index in [9.17, 15) is 0 Å². The average Bonchev–Trinajstić information content (AvgIpc) is 2.39. The molecule has 0 bridgehead atoms. The van der Waals surface area contributed by atoms with Gasteiger partial charge in [0.1, 0.15) is 0 Å². The highest BCUT2D eigenvalue weighted by Crippen LogP contribution is 2.23. The molecule has 0 saturated carbocycles. The van der Waals surface area contributed by atoms with Crippen molar-refractivity contribution in [1.82, 2.24) is 5.32 Å². The molecule has 0 aliphatic carbocycles. The first-order valence-electron chi connectivity index (χ1n) is 7.14. The fourth-order valence-corrected chi connectivity index (χ4v) is 2.48. The van der Waals surface area contributed by atoms with Gasteiger partial charge in [-0.1, -0.05) is 45.0 Å². The van der Waals surface area contributed by atoms with Gasteiger partial charge in [0.25, 0.3) is 0 Å². The molecule has 2 rings (SSSR count). The molecule has 1 aromatic carbocycles. The highest BCUT2D eigenvalue weighted by Gasteiger charge is 2.21. The van der Waals surface area contributed by atoms with Gasteiger partial charge in [0.2, 0.25) is 0 Å². The zero-order valence-corrected chi connectivity index (χ0v) is 11.8. The van der Waals surface area contributed by atoms with E-state index in [0.29, 0.717) is 12.0 Å². The summed E-state index contributed by atoms with van der Waals surface area (Å²) in [6.45, 7) is 8.61. The molecule has 2 unspecified atom stereocenters. The maximum absolute atomic E-state index is 6.08. The van der Waals surface area contributed by atoms with E-state index in [4.69, 9.17) is 4.74 Å². The van der Waals surface area contributed by atoms with E-state index in [1.54, 1.807) is 0 Å². The van der Waals surface area contributed by atoms with Gasteiger partial charge >= 0.3 is 0 Å². The van der Waals surface area contributed by atoms with Crippen LogP contribution in [0.3, 0.4) is 0 Å². The van der Waals surface area contributed by atoms with Crippen LogP contribution in [0.1, 0.15) is 44.4 Å². The van der Waals surface area contributed by atoms with Gasteiger partial charge in [-0.15, -0.1) is 0 Å². The maximum Gasteiger partial charge on any atom is 0.0953 e. The molecule has 1 fully saturated rings. The Labute approximate surface area is 111 Å². The van der Waals surface area contributed by atoms with Gasteiger partial charge < -0.3 is 10.1 Å². The van der Waals surface area contributed by atoms with Crippen LogP contribution in [-0.2, 0) is 11.2 Å². The molecule has 1 aliphatic rings. The van der Waals surface area contributed by atoms with Crippen molar-refractivity contribution in [2.24, 2.45) is 5.92 Å². The summed E-state index contributed by atoms with van der Waals surface area (Å²) in [6.07, 6.45) is 2.81. The minimum absolute atomic E-state index is 0.219. The predicted octanol–water partition coefficient (Wildman–Crippen LogP) is 3.32. The molecule has 1 heterocycles. The fraction of sp³-hybridized carbons (Fsp3) is 0.625. The van der Waals surface area contributed by atoms with Gasteiger partial charge in [-0.25, -0.2) is 0 Å².